The zero-order valence-corrected chi connectivity index (χ0v) is 11.3. The molecule has 0 fully saturated rings. The van der Waals surface area contributed by atoms with Gasteiger partial charge >= 0.3 is 0 Å². The summed E-state index contributed by atoms with van der Waals surface area (Å²) in [6.07, 6.45) is 0. The molecule has 0 aliphatic rings. The molecule has 3 rings (SSSR count). The lowest BCUT2D eigenvalue weighted by Crippen LogP contribution is -2.03. The Labute approximate surface area is 120 Å². The zero-order valence-electron chi connectivity index (χ0n) is 11.3. The molecule has 4 N–H and O–H groups in total. The van der Waals surface area contributed by atoms with E-state index in [4.69, 9.17) is 11.5 Å². The molecule has 2 aromatic carbocycles. The Bertz CT molecular complexity index is 811. The predicted molar refractivity (Wildman–Crippen MR) is 78.1 cm³/mol. The largest absolute Gasteiger partial charge is 0.399 e. The summed E-state index contributed by atoms with van der Waals surface area (Å²) in [4.78, 5) is 0. The lowest BCUT2D eigenvalue weighted by Gasteiger charge is -2.08. The highest BCUT2D eigenvalue weighted by Gasteiger charge is 2.14. The highest BCUT2D eigenvalue weighted by atomic mass is 19.1. The first-order valence-corrected chi connectivity index (χ1v) is 6.26. The van der Waals surface area contributed by atoms with Gasteiger partial charge in [-0.1, -0.05) is 6.07 Å². The van der Waals surface area contributed by atoms with E-state index < -0.39 is 0 Å². The fraction of sp³-hybridized carbons (Fsp3) is 0.0714. The molecule has 0 saturated carbocycles. The van der Waals surface area contributed by atoms with Crippen molar-refractivity contribution in [1.82, 2.24) is 20.2 Å². The van der Waals surface area contributed by atoms with Crippen LogP contribution in [0.1, 0.15) is 5.56 Å². The van der Waals surface area contributed by atoms with Gasteiger partial charge in [-0.2, -0.15) is 4.68 Å². The summed E-state index contributed by atoms with van der Waals surface area (Å²) < 4.78 is 15.1. The lowest BCUT2D eigenvalue weighted by molar-refractivity contribution is 0.615. The molecular formula is C14H13FN6. The van der Waals surface area contributed by atoms with Crippen molar-refractivity contribution >= 4 is 11.4 Å². The first-order chi connectivity index (χ1) is 10.1. The molecule has 6 nitrogen and oxygen atoms in total. The van der Waals surface area contributed by atoms with Crippen LogP contribution >= 0.6 is 0 Å². The maximum atomic E-state index is 13.7. The molecule has 1 heterocycles. The molecule has 0 amide bonds. The van der Waals surface area contributed by atoms with Gasteiger partial charge in [-0.05, 0) is 53.2 Å². The van der Waals surface area contributed by atoms with E-state index in [1.165, 1.54) is 10.7 Å². The van der Waals surface area contributed by atoms with Gasteiger partial charge in [-0.25, -0.2) is 4.39 Å². The SMILES string of the molecule is Cc1ccc(-n2nnnc2-c2ccc(N)cc2N)cc1F. The van der Waals surface area contributed by atoms with Crippen molar-refractivity contribution in [3.8, 4) is 17.1 Å². The third kappa shape index (κ3) is 2.29. The van der Waals surface area contributed by atoms with Gasteiger partial charge in [-0.3, -0.25) is 0 Å². The summed E-state index contributed by atoms with van der Waals surface area (Å²) in [5, 5.41) is 11.5. The van der Waals surface area contributed by atoms with Gasteiger partial charge in [0.1, 0.15) is 5.82 Å². The lowest BCUT2D eigenvalue weighted by atomic mass is 10.1. The first-order valence-electron chi connectivity index (χ1n) is 6.26. The number of hydrogen-bond donors (Lipinski definition) is 2. The molecule has 21 heavy (non-hydrogen) atoms. The van der Waals surface area contributed by atoms with Crippen molar-refractivity contribution in [1.29, 1.82) is 0 Å². The Morgan fingerprint density at radius 2 is 1.90 bits per heavy atom. The zero-order chi connectivity index (χ0) is 15.0. The fourth-order valence-electron chi connectivity index (χ4n) is 2.03. The van der Waals surface area contributed by atoms with Gasteiger partial charge in [0.25, 0.3) is 0 Å². The molecule has 0 atom stereocenters. The minimum atomic E-state index is -0.320. The Kier molecular flexibility index (Phi) is 3.02. The van der Waals surface area contributed by atoms with Gasteiger partial charge in [0, 0.05) is 16.9 Å². The Morgan fingerprint density at radius 3 is 2.62 bits per heavy atom. The van der Waals surface area contributed by atoms with Crippen molar-refractivity contribution in [3.63, 3.8) is 0 Å². The van der Waals surface area contributed by atoms with Crippen LogP contribution < -0.4 is 11.5 Å². The molecule has 106 valence electrons. The average Bonchev–Trinajstić information content (AvgIpc) is 2.91. The number of aromatic nitrogens is 4. The van der Waals surface area contributed by atoms with Crippen molar-refractivity contribution in [2.24, 2.45) is 0 Å². The minimum Gasteiger partial charge on any atom is -0.399 e. The van der Waals surface area contributed by atoms with Gasteiger partial charge in [0.05, 0.1) is 5.69 Å². The molecule has 0 radical (unpaired) electrons. The van der Waals surface area contributed by atoms with Crippen LogP contribution in [0.2, 0.25) is 0 Å². The number of tetrazole rings is 1. The molecule has 3 aromatic rings. The van der Waals surface area contributed by atoms with E-state index in [0.29, 0.717) is 34.0 Å². The third-order valence-corrected chi connectivity index (χ3v) is 3.19. The molecule has 0 spiro atoms. The van der Waals surface area contributed by atoms with Crippen LogP contribution in [-0.4, -0.2) is 20.2 Å². The van der Waals surface area contributed by atoms with E-state index in [9.17, 15) is 4.39 Å². The number of nitrogens with two attached hydrogens (primary N) is 2. The van der Waals surface area contributed by atoms with Crippen molar-refractivity contribution in [2.75, 3.05) is 11.5 Å². The number of aryl methyl sites for hydroxylation is 1. The maximum absolute atomic E-state index is 13.7. The number of halogens is 1. The smallest absolute Gasteiger partial charge is 0.189 e. The third-order valence-electron chi connectivity index (χ3n) is 3.19. The van der Waals surface area contributed by atoms with E-state index in [1.54, 1.807) is 37.3 Å². The summed E-state index contributed by atoms with van der Waals surface area (Å²) in [6, 6.07) is 9.86. The summed E-state index contributed by atoms with van der Waals surface area (Å²) in [6.45, 7) is 1.69. The molecule has 7 heteroatoms. The highest BCUT2D eigenvalue weighted by molar-refractivity contribution is 5.75. The van der Waals surface area contributed by atoms with Gasteiger partial charge in [0.2, 0.25) is 0 Å². The summed E-state index contributed by atoms with van der Waals surface area (Å²) >= 11 is 0. The molecule has 0 bridgehead atoms. The Balaban J connectivity index is 2.14. The summed E-state index contributed by atoms with van der Waals surface area (Å²) in [5.41, 5.74) is 14.4. The summed E-state index contributed by atoms with van der Waals surface area (Å²) in [5.74, 6) is 0.106. The monoisotopic (exact) mass is 284 g/mol. The molecule has 0 saturated heterocycles. The molecule has 0 aliphatic carbocycles. The molecule has 0 aliphatic heterocycles. The summed E-state index contributed by atoms with van der Waals surface area (Å²) in [7, 11) is 0. The molecular weight excluding hydrogens is 271 g/mol. The standard InChI is InChI=1S/C14H13FN6/c1-8-2-4-10(7-12(8)15)21-14(18-19-20-21)11-5-3-9(16)6-13(11)17/h2-7H,16-17H2,1H3. The van der Waals surface area contributed by atoms with Gasteiger partial charge in [0.15, 0.2) is 5.82 Å². The van der Waals surface area contributed by atoms with Crippen LogP contribution in [0.3, 0.4) is 0 Å². The average molecular weight is 284 g/mol. The number of benzene rings is 2. The molecule has 1 aromatic heterocycles. The van der Waals surface area contributed by atoms with Crippen LogP contribution in [0.4, 0.5) is 15.8 Å². The Morgan fingerprint density at radius 1 is 1.10 bits per heavy atom. The first kappa shape index (κ1) is 13.0. The van der Waals surface area contributed by atoms with E-state index in [1.807, 2.05) is 0 Å². The quantitative estimate of drug-likeness (QED) is 0.701. The van der Waals surface area contributed by atoms with Crippen molar-refractivity contribution in [2.45, 2.75) is 6.92 Å². The van der Waals surface area contributed by atoms with Crippen molar-refractivity contribution < 1.29 is 4.39 Å². The van der Waals surface area contributed by atoms with Crippen LogP contribution in [0.5, 0.6) is 0 Å². The number of rotatable bonds is 2. The number of anilines is 2. The van der Waals surface area contributed by atoms with Gasteiger partial charge < -0.3 is 11.5 Å². The normalized spacial score (nSPS) is 10.8. The Hall–Kier alpha value is -2.96. The van der Waals surface area contributed by atoms with Crippen LogP contribution in [0, 0.1) is 12.7 Å². The van der Waals surface area contributed by atoms with E-state index in [-0.39, 0.29) is 5.82 Å². The highest BCUT2D eigenvalue weighted by Crippen LogP contribution is 2.27. The van der Waals surface area contributed by atoms with Crippen molar-refractivity contribution in [3.05, 3.63) is 47.8 Å². The van der Waals surface area contributed by atoms with Crippen LogP contribution in [0.15, 0.2) is 36.4 Å². The van der Waals surface area contributed by atoms with Gasteiger partial charge in [-0.15, -0.1) is 5.10 Å². The minimum absolute atomic E-state index is 0.320. The van der Waals surface area contributed by atoms with E-state index >= 15 is 0 Å². The second kappa shape index (κ2) is 4.86. The molecule has 0 unspecified atom stereocenters. The number of nitrogen functional groups attached to an aromatic ring is 2. The number of hydrogen-bond acceptors (Lipinski definition) is 5. The number of nitrogens with zero attached hydrogens (tertiary/aromatic N) is 4. The predicted octanol–water partition coefficient (Wildman–Crippen LogP) is 1.94. The van der Waals surface area contributed by atoms with E-state index in [2.05, 4.69) is 15.5 Å². The second-order valence-corrected chi connectivity index (χ2v) is 4.69. The second-order valence-electron chi connectivity index (χ2n) is 4.69. The van der Waals surface area contributed by atoms with E-state index in [0.717, 1.165) is 0 Å². The fourth-order valence-corrected chi connectivity index (χ4v) is 2.03. The van der Waals surface area contributed by atoms with Crippen LogP contribution in [0.25, 0.3) is 17.1 Å². The van der Waals surface area contributed by atoms with Crippen LogP contribution in [-0.2, 0) is 0 Å². The maximum Gasteiger partial charge on any atom is 0.189 e. The topological polar surface area (TPSA) is 95.6 Å².